The average Bonchev–Trinajstić information content (AvgIpc) is 3.00. The van der Waals surface area contributed by atoms with Crippen LogP contribution in [-0.2, 0) is 9.59 Å². The monoisotopic (exact) mass is 350 g/mol. The molecular formula is C17H19ClN2O2S. The Labute approximate surface area is 144 Å². The van der Waals surface area contributed by atoms with Gasteiger partial charge in [-0.2, -0.15) is 0 Å². The second-order valence-electron chi connectivity index (χ2n) is 5.31. The van der Waals surface area contributed by atoms with Crippen molar-refractivity contribution in [3.63, 3.8) is 0 Å². The maximum Gasteiger partial charge on any atom is 0.222 e. The van der Waals surface area contributed by atoms with Crippen LogP contribution in [0, 0.1) is 0 Å². The maximum absolute atomic E-state index is 12.3. The van der Waals surface area contributed by atoms with Crippen LogP contribution in [0.3, 0.4) is 0 Å². The lowest BCUT2D eigenvalue weighted by atomic mass is 10.1. The number of nitrogens with one attached hydrogen (secondary N) is 2. The summed E-state index contributed by atoms with van der Waals surface area (Å²) >= 11 is 7.39. The van der Waals surface area contributed by atoms with Crippen LogP contribution in [0.5, 0.6) is 0 Å². The van der Waals surface area contributed by atoms with Crippen LogP contribution in [0.15, 0.2) is 41.8 Å². The van der Waals surface area contributed by atoms with Crippen LogP contribution < -0.4 is 10.6 Å². The van der Waals surface area contributed by atoms with Crippen molar-refractivity contribution >= 4 is 34.8 Å². The lowest BCUT2D eigenvalue weighted by Crippen LogP contribution is -2.33. The van der Waals surface area contributed by atoms with Gasteiger partial charge in [0, 0.05) is 16.8 Å². The fourth-order valence-electron chi connectivity index (χ4n) is 2.28. The van der Waals surface area contributed by atoms with Crippen molar-refractivity contribution in [1.29, 1.82) is 0 Å². The summed E-state index contributed by atoms with van der Waals surface area (Å²) in [6.07, 6.45) is 0.206. The van der Waals surface area contributed by atoms with E-state index in [1.807, 2.05) is 36.6 Å². The molecule has 1 aromatic carbocycles. The highest BCUT2D eigenvalue weighted by Gasteiger charge is 2.19. The topological polar surface area (TPSA) is 58.2 Å². The molecule has 122 valence electrons. The second-order valence-corrected chi connectivity index (χ2v) is 6.73. The van der Waals surface area contributed by atoms with Gasteiger partial charge >= 0.3 is 0 Å². The number of halogens is 1. The molecule has 23 heavy (non-hydrogen) atoms. The van der Waals surface area contributed by atoms with Crippen molar-refractivity contribution in [2.24, 2.45) is 0 Å². The molecule has 2 rings (SSSR count). The molecule has 0 aliphatic rings. The largest absolute Gasteiger partial charge is 0.350 e. The van der Waals surface area contributed by atoms with Gasteiger partial charge in [0.05, 0.1) is 18.5 Å². The highest BCUT2D eigenvalue weighted by atomic mass is 35.5. The highest BCUT2D eigenvalue weighted by Crippen LogP contribution is 2.23. The van der Waals surface area contributed by atoms with Gasteiger partial charge in [-0.05, 0) is 36.1 Å². The van der Waals surface area contributed by atoms with Crippen LogP contribution in [0.1, 0.15) is 42.8 Å². The molecule has 1 aromatic heterocycles. The predicted octanol–water partition coefficient (Wildman–Crippen LogP) is 3.85. The van der Waals surface area contributed by atoms with Crippen molar-refractivity contribution in [1.82, 2.24) is 10.6 Å². The Morgan fingerprint density at radius 3 is 2.43 bits per heavy atom. The lowest BCUT2D eigenvalue weighted by Gasteiger charge is -2.19. The predicted molar refractivity (Wildman–Crippen MR) is 93.5 cm³/mol. The van der Waals surface area contributed by atoms with Crippen LogP contribution in [0.2, 0.25) is 5.02 Å². The first-order chi connectivity index (χ1) is 11.0. The summed E-state index contributed by atoms with van der Waals surface area (Å²) in [6.45, 7) is 3.37. The molecule has 2 atom stereocenters. The summed E-state index contributed by atoms with van der Waals surface area (Å²) in [5.41, 5.74) is 0.981. The minimum atomic E-state index is -0.301. The van der Waals surface area contributed by atoms with Crippen LogP contribution >= 0.6 is 22.9 Å². The second kappa shape index (κ2) is 8.13. The molecule has 0 spiro atoms. The van der Waals surface area contributed by atoms with Gasteiger partial charge in [0.25, 0.3) is 0 Å². The molecule has 0 aliphatic heterocycles. The van der Waals surface area contributed by atoms with Gasteiger partial charge in [0.2, 0.25) is 11.8 Å². The number of hydrogen-bond acceptors (Lipinski definition) is 3. The van der Waals surface area contributed by atoms with E-state index >= 15 is 0 Å². The minimum absolute atomic E-state index is 0.111. The number of carbonyl (C=O) groups excluding carboxylic acids is 2. The maximum atomic E-state index is 12.3. The van der Waals surface area contributed by atoms with Gasteiger partial charge in [-0.15, -0.1) is 11.3 Å². The Morgan fingerprint density at radius 1 is 1.17 bits per heavy atom. The van der Waals surface area contributed by atoms with Gasteiger partial charge < -0.3 is 10.6 Å². The number of thiophene rings is 1. The molecule has 6 heteroatoms. The first-order valence-corrected chi connectivity index (χ1v) is 8.57. The Morgan fingerprint density at radius 2 is 1.87 bits per heavy atom. The number of amides is 2. The lowest BCUT2D eigenvalue weighted by molar-refractivity contribution is -0.123. The fraction of sp³-hybridized carbons (Fsp3) is 0.294. The summed E-state index contributed by atoms with van der Waals surface area (Å²) < 4.78 is 0. The molecule has 2 N–H and O–H groups in total. The van der Waals surface area contributed by atoms with E-state index in [1.54, 1.807) is 12.1 Å². The molecule has 0 saturated carbocycles. The first kappa shape index (κ1) is 17.5. The van der Waals surface area contributed by atoms with Gasteiger partial charge in [-0.25, -0.2) is 0 Å². The zero-order valence-corrected chi connectivity index (χ0v) is 14.6. The normalized spacial score (nSPS) is 13.2. The zero-order chi connectivity index (χ0) is 16.8. The van der Waals surface area contributed by atoms with Crippen LogP contribution in [-0.4, -0.2) is 11.8 Å². The molecule has 4 nitrogen and oxygen atoms in total. The van der Waals surface area contributed by atoms with E-state index in [4.69, 9.17) is 11.6 Å². The van der Waals surface area contributed by atoms with Crippen molar-refractivity contribution in [2.75, 3.05) is 0 Å². The summed E-state index contributed by atoms with van der Waals surface area (Å²) in [5.74, 6) is -0.262. The van der Waals surface area contributed by atoms with Crippen LogP contribution in [0.4, 0.5) is 0 Å². The summed E-state index contributed by atoms with van der Waals surface area (Å²) in [5, 5.41) is 8.37. The Bertz CT molecular complexity index is 656. The Balaban J connectivity index is 1.98. The standard InChI is InChI=1S/C17H19ClN2O2S/c1-11(13-5-7-14(18)8-6-13)19-17(22)10-15(20-12(2)21)16-4-3-9-23-16/h3-9,11,15H,10H2,1-2H3,(H,19,22)(H,20,21)/t11-,15-/m1/s1. The van der Waals surface area contributed by atoms with Gasteiger partial charge in [-0.3, -0.25) is 9.59 Å². The smallest absolute Gasteiger partial charge is 0.222 e. The quantitative estimate of drug-likeness (QED) is 0.831. The molecule has 1 heterocycles. The third-order valence-corrected chi connectivity index (χ3v) is 4.64. The SMILES string of the molecule is CC(=O)N[C@H](CC(=O)N[C@H](C)c1ccc(Cl)cc1)c1cccs1. The molecule has 0 bridgehead atoms. The zero-order valence-electron chi connectivity index (χ0n) is 13.0. The van der Waals surface area contributed by atoms with E-state index in [0.29, 0.717) is 5.02 Å². The van der Waals surface area contributed by atoms with Crippen LogP contribution in [0.25, 0.3) is 0 Å². The van der Waals surface area contributed by atoms with Gasteiger partial charge in [0.15, 0.2) is 0 Å². The van der Waals surface area contributed by atoms with Crippen molar-refractivity contribution < 1.29 is 9.59 Å². The molecule has 0 unspecified atom stereocenters. The van der Waals surface area contributed by atoms with E-state index in [-0.39, 0.29) is 30.3 Å². The Hall–Kier alpha value is -1.85. The third kappa shape index (κ3) is 5.37. The third-order valence-electron chi connectivity index (χ3n) is 3.40. The highest BCUT2D eigenvalue weighted by molar-refractivity contribution is 7.10. The Kier molecular flexibility index (Phi) is 6.19. The molecule has 2 amide bonds. The number of rotatable bonds is 6. The molecule has 0 fully saturated rings. The molecule has 0 saturated heterocycles. The van der Waals surface area contributed by atoms with E-state index in [9.17, 15) is 9.59 Å². The number of carbonyl (C=O) groups is 2. The number of benzene rings is 1. The van der Waals surface area contributed by atoms with Crippen molar-refractivity contribution in [3.8, 4) is 0 Å². The minimum Gasteiger partial charge on any atom is -0.350 e. The van der Waals surface area contributed by atoms with E-state index in [0.717, 1.165) is 10.4 Å². The molecule has 2 aromatic rings. The molecular weight excluding hydrogens is 332 g/mol. The summed E-state index contributed by atoms with van der Waals surface area (Å²) in [4.78, 5) is 24.6. The summed E-state index contributed by atoms with van der Waals surface area (Å²) in [6, 6.07) is 10.8. The van der Waals surface area contributed by atoms with Gasteiger partial charge in [0.1, 0.15) is 0 Å². The summed E-state index contributed by atoms with van der Waals surface area (Å²) in [7, 11) is 0. The number of hydrogen-bond donors (Lipinski definition) is 2. The van der Waals surface area contributed by atoms with Crippen molar-refractivity contribution in [2.45, 2.75) is 32.4 Å². The fourth-order valence-corrected chi connectivity index (χ4v) is 3.18. The van der Waals surface area contributed by atoms with E-state index < -0.39 is 0 Å². The first-order valence-electron chi connectivity index (χ1n) is 7.31. The van der Waals surface area contributed by atoms with E-state index in [2.05, 4.69) is 10.6 Å². The van der Waals surface area contributed by atoms with Gasteiger partial charge in [-0.1, -0.05) is 29.8 Å². The molecule has 0 radical (unpaired) electrons. The average molecular weight is 351 g/mol. The molecule has 0 aliphatic carbocycles. The van der Waals surface area contributed by atoms with E-state index in [1.165, 1.54) is 18.3 Å². The van der Waals surface area contributed by atoms with Crippen molar-refractivity contribution in [3.05, 3.63) is 57.2 Å².